The minimum Gasteiger partial charge on any atom is -0.369 e. The summed E-state index contributed by atoms with van der Waals surface area (Å²) in [5, 5.41) is 3.25. The summed E-state index contributed by atoms with van der Waals surface area (Å²) in [5.41, 5.74) is 1.04. The fraction of sp³-hybridized carbons (Fsp3) is 0.733. The molecule has 1 aromatic rings. The SMILES string of the molecule is CCCNc1cnc(CN(CCC)CCN(C)C)cn1. The molecule has 114 valence electrons. The van der Waals surface area contributed by atoms with Gasteiger partial charge >= 0.3 is 0 Å². The molecule has 5 heteroatoms. The van der Waals surface area contributed by atoms with Crippen molar-refractivity contribution in [3.63, 3.8) is 0 Å². The minimum atomic E-state index is 0.867. The monoisotopic (exact) mass is 279 g/mol. The molecule has 0 aliphatic heterocycles. The van der Waals surface area contributed by atoms with Gasteiger partial charge in [-0.05, 0) is 33.5 Å². The highest BCUT2D eigenvalue weighted by atomic mass is 15.2. The van der Waals surface area contributed by atoms with Crippen LogP contribution in [0, 0.1) is 0 Å². The summed E-state index contributed by atoms with van der Waals surface area (Å²) in [4.78, 5) is 13.6. The van der Waals surface area contributed by atoms with Gasteiger partial charge in [-0.1, -0.05) is 13.8 Å². The van der Waals surface area contributed by atoms with Crippen molar-refractivity contribution in [2.24, 2.45) is 0 Å². The molecule has 0 saturated carbocycles. The van der Waals surface area contributed by atoms with Crippen molar-refractivity contribution >= 4 is 5.82 Å². The molecule has 0 spiro atoms. The molecule has 0 atom stereocenters. The van der Waals surface area contributed by atoms with Crippen molar-refractivity contribution in [3.8, 4) is 0 Å². The Labute approximate surface area is 123 Å². The van der Waals surface area contributed by atoms with Crippen LogP contribution >= 0.6 is 0 Å². The van der Waals surface area contributed by atoms with Crippen molar-refractivity contribution < 1.29 is 0 Å². The second-order valence-corrected chi connectivity index (χ2v) is 5.40. The Morgan fingerprint density at radius 2 is 1.80 bits per heavy atom. The van der Waals surface area contributed by atoms with Gasteiger partial charge in [-0.2, -0.15) is 0 Å². The van der Waals surface area contributed by atoms with Crippen LogP contribution in [0.15, 0.2) is 12.4 Å². The number of nitrogens with one attached hydrogen (secondary N) is 1. The average Bonchev–Trinajstić information content (AvgIpc) is 2.44. The topological polar surface area (TPSA) is 44.3 Å². The van der Waals surface area contributed by atoms with Crippen LogP contribution in [-0.2, 0) is 6.54 Å². The maximum absolute atomic E-state index is 4.50. The summed E-state index contributed by atoms with van der Waals surface area (Å²) in [5.74, 6) is 0.867. The number of hydrogen-bond acceptors (Lipinski definition) is 5. The number of hydrogen-bond donors (Lipinski definition) is 1. The van der Waals surface area contributed by atoms with Gasteiger partial charge in [0.2, 0.25) is 0 Å². The lowest BCUT2D eigenvalue weighted by Crippen LogP contribution is -2.32. The molecule has 1 rings (SSSR count). The first-order valence-corrected chi connectivity index (χ1v) is 7.57. The van der Waals surface area contributed by atoms with Crippen LogP contribution in [0.1, 0.15) is 32.4 Å². The Balaban J connectivity index is 2.50. The number of anilines is 1. The highest BCUT2D eigenvalue weighted by Crippen LogP contribution is 2.05. The molecule has 0 aliphatic rings. The molecule has 0 radical (unpaired) electrons. The van der Waals surface area contributed by atoms with Gasteiger partial charge in [0.15, 0.2) is 0 Å². The van der Waals surface area contributed by atoms with Gasteiger partial charge in [-0.15, -0.1) is 0 Å². The summed E-state index contributed by atoms with van der Waals surface area (Å²) in [6, 6.07) is 0. The summed E-state index contributed by atoms with van der Waals surface area (Å²) in [7, 11) is 4.22. The second-order valence-electron chi connectivity index (χ2n) is 5.40. The lowest BCUT2D eigenvalue weighted by Gasteiger charge is -2.23. The molecule has 0 unspecified atom stereocenters. The van der Waals surface area contributed by atoms with Crippen LogP contribution in [0.5, 0.6) is 0 Å². The van der Waals surface area contributed by atoms with Crippen molar-refractivity contribution in [1.29, 1.82) is 0 Å². The molecule has 1 heterocycles. The quantitative estimate of drug-likeness (QED) is 0.710. The number of nitrogens with zero attached hydrogens (tertiary/aromatic N) is 4. The van der Waals surface area contributed by atoms with E-state index in [-0.39, 0.29) is 0 Å². The normalized spacial score (nSPS) is 11.3. The van der Waals surface area contributed by atoms with E-state index in [1.165, 1.54) is 0 Å². The molecule has 0 amide bonds. The van der Waals surface area contributed by atoms with E-state index < -0.39 is 0 Å². The zero-order valence-corrected chi connectivity index (χ0v) is 13.4. The van der Waals surface area contributed by atoms with Crippen molar-refractivity contribution in [3.05, 3.63) is 18.1 Å². The van der Waals surface area contributed by atoms with Crippen molar-refractivity contribution in [2.75, 3.05) is 45.6 Å². The number of likely N-dealkylation sites (N-methyl/N-ethyl adjacent to an activating group) is 1. The summed E-state index contributed by atoms with van der Waals surface area (Å²) >= 11 is 0. The van der Waals surface area contributed by atoms with E-state index in [1.54, 1.807) is 0 Å². The second kappa shape index (κ2) is 9.66. The molecule has 1 N–H and O–H groups in total. The van der Waals surface area contributed by atoms with Crippen LogP contribution in [0.4, 0.5) is 5.82 Å². The van der Waals surface area contributed by atoms with Gasteiger partial charge in [0.05, 0.1) is 18.1 Å². The molecule has 5 nitrogen and oxygen atoms in total. The van der Waals surface area contributed by atoms with E-state index in [2.05, 4.69) is 53.0 Å². The van der Waals surface area contributed by atoms with E-state index in [4.69, 9.17) is 0 Å². The molecule has 0 bridgehead atoms. The summed E-state index contributed by atoms with van der Waals surface area (Å²) in [6.07, 6.45) is 5.98. The van der Waals surface area contributed by atoms with Crippen LogP contribution in [0.25, 0.3) is 0 Å². The maximum atomic E-state index is 4.50. The standard InChI is InChI=1S/C15H29N5/c1-5-7-16-15-12-17-14(11-18-15)13-20(8-6-2)10-9-19(3)4/h11-12H,5-10,13H2,1-4H3,(H,16,18). The first-order valence-electron chi connectivity index (χ1n) is 7.57. The highest BCUT2D eigenvalue weighted by Gasteiger charge is 2.07. The van der Waals surface area contributed by atoms with Gasteiger partial charge in [0.1, 0.15) is 5.82 Å². The minimum absolute atomic E-state index is 0.867. The molecule has 20 heavy (non-hydrogen) atoms. The Bertz CT molecular complexity index is 350. The first kappa shape index (κ1) is 16.9. The van der Waals surface area contributed by atoms with Gasteiger partial charge in [-0.3, -0.25) is 9.88 Å². The molecule has 0 fully saturated rings. The lowest BCUT2D eigenvalue weighted by atomic mass is 10.3. The van der Waals surface area contributed by atoms with E-state index in [0.717, 1.165) is 57.1 Å². The summed E-state index contributed by atoms with van der Waals surface area (Å²) < 4.78 is 0. The zero-order chi connectivity index (χ0) is 14.8. The van der Waals surface area contributed by atoms with Crippen LogP contribution in [-0.4, -0.2) is 60.0 Å². The smallest absolute Gasteiger partial charge is 0.144 e. The molecular weight excluding hydrogens is 250 g/mol. The average molecular weight is 279 g/mol. The van der Waals surface area contributed by atoms with Crippen LogP contribution in [0.3, 0.4) is 0 Å². The molecule has 0 saturated heterocycles. The molecular formula is C15H29N5. The zero-order valence-electron chi connectivity index (χ0n) is 13.4. The van der Waals surface area contributed by atoms with Crippen LogP contribution < -0.4 is 5.32 Å². The Morgan fingerprint density at radius 3 is 2.35 bits per heavy atom. The van der Waals surface area contributed by atoms with E-state index in [1.807, 2.05) is 12.4 Å². The highest BCUT2D eigenvalue weighted by molar-refractivity contribution is 5.30. The number of aromatic nitrogens is 2. The van der Waals surface area contributed by atoms with E-state index in [9.17, 15) is 0 Å². The van der Waals surface area contributed by atoms with E-state index >= 15 is 0 Å². The molecule has 0 aromatic carbocycles. The third-order valence-corrected chi connectivity index (χ3v) is 3.05. The van der Waals surface area contributed by atoms with E-state index in [0.29, 0.717) is 0 Å². The predicted octanol–water partition coefficient (Wildman–Crippen LogP) is 2.07. The Hall–Kier alpha value is -1.20. The van der Waals surface area contributed by atoms with Crippen molar-refractivity contribution in [1.82, 2.24) is 19.8 Å². The Morgan fingerprint density at radius 1 is 1.00 bits per heavy atom. The largest absolute Gasteiger partial charge is 0.369 e. The number of rotatable bonds is 10. The lowest BCUT2D eigenvalue weighted by molar-refractivity contribution is 0.231. The third-order valence-electron chi connectivity index (χ3n) is 3.05. The predicted molar refractivity (Wildman–Crippen MR) is 84.9 cm³/mol. The van der Waals surface area contributed by atoms with Crippen LogP contribution in [0.2, 0.25) is 0 Å². The summed E-state index contributed by atoms with van der Waals surface area (Å²) in [6.45, 7) is 9.42. The first-order chi connectivity index (χ1) is 9.65. The third kappa shape index (κ3) is 6.82. The molecule has 1 aromatic heterocycles. The fourth-order valence-electron chi connectivity index (χ4n) is 1.94. The van der Waals surface area contributed by atoms with Crippen molar-refractivity contribution in [2.45, 2.75) is 33.2 Å². The fourth-order valence-corrected chi connectivity index (χ4v) is 1.94. The van der Waals surface area contributed by atoms with Gasteiger partial charge in [0.25, 0.3) is 0 Å². The molecule has 0 aliphatic carbocycles. The van der Waals surface area contributed by atoms with Gasteiger partial charge in [-0.25, -0.2) is 4.98 Å². The van der Waals surface area contributed by atoms with Gasteiger partial charge < -0.3 is 10.2 Å². The Kier molecular flexibility index (Phi) is 8.14. The van der Waals surface area contributed by atoms with Gasteiger partial charge in [0, 0.05) is 26.2 Å². The maximum Gasteiger partial charge on any atom is 0.144 e.